The fourth-order valence-electron chi connectivity index (χ4n) is 1.06. The minimum absolute atomic E-state index is 0.753. The van der Waals surface area contributed by atoms with Gasteiger partial charge in [0, 0.05) is 18.9 Å². The summed E-state index contributed by atoms with van der Waals surface area (Å²) in [7, 11) is 0. The Bertz CT molecular complexity index is 215. The molecule has 0 aromatic carbocycles. The molecule has 1 rings (SSSR count). The van der Waals surface area contributed by atoms with Crippen molar-refractivity contribution in [2.75, 3.05) is 0 Å². The van der Waals surface area contributed by atoms with Crippen LogP contribution >= 0.6 is 0 Å². The summed E-state index contributed by atoms with van der Waals surface area (Å²) < 4.78 is 2.20. The van der Waals surface area contributed by atoms with Gasteiger partial charge in [0.25, 0.3) is 0 Å². The molecule has 0 saturated carbocycles. The van der Waals surface area contributed by atoms with E-state index in [0.29, 0.717) is 0 Å². The van der Waals surface area contributed by atoms with Gasteiger partial charge in [0.15, 0.2) is 0 Å². The van der Waals surface area contributed by atoms with E-state index >= 15 is 0 Å². The Balaban J connectivity index is 2.56. The Labute approximate surface area is 68.3 Å². The molecule has 0 bridgehead atoms. The highest BCUT2D eigenvalue weighted by molar-refractivity contribution is 4.88. The molecule has 0 spiro atoms. The maximum absolute atomic E-state index is 4.17. The van der Waals surface area contributed by atoms with E-state index in [1.807, 2.05) is 19.3 Å². The third kappa shape index (κ3) is 2.07. The van der Waals surface area contributed by atoms with Crippen molar-refractivity contribution in [2.45, 2.75) is 33.7 Å². The molecular weight excluding hydrogens is 136 g/mol. The Kier molecular flexibility index (Phi) is 2.69. The summed E-state index contributed by atoms with van der Waals surface area (Å²) in [6, 6.07) is 0. The molecule has 0 fully saturated rings. The standard InChI is InChI=1S/C9H16N2/c1-4-8(2)7-11-6-5-10-9(11)3/h5-6,8H,4,7H2,1-3H3. The molecule has 1 atom stereocenters. The molecule has 0 aliphatic heterocycles. The number of rotatable bonds is 3. The molecule has 11 heavy (non-hydrogen) atoms. The molecule has 0 aliphatic carbocycles. The monoisotopic (exact) mass is 152 g/mol. The Morgan fingerprint density at radius 1 is 1.64 bits per heavy atom. The minimum atomic E-state index is 0.753. The summed E-state index contributed by atoms with van der Waals surface area (Å²) in [5.41, 5.74) is 0. The van der Waals surface area contributed by atoms with Gasteiger partial charge in [-0.1, -0.05) is 20.3 Å². The van der Waals surface area contributed by atoms with Crippen LogP contribution in [0.5, 0.6) is 0 Å². The molecule has 0 saturated heterocycles. The van der Waals surface area contributed by atoms with Gasteiger partial charge in [-0.05, 0) is 12.8 Å². The topological polar surface area (TPSA) is 17.8 Å². The zero-order valence-corrected chi connectivity index (χ0v) is 7.54. The molecule has 1 unspecified atom stereocenters. The lowest BCUT2D eigenvalue weighted by Gasteiger charge is -2.10. The van der Waals surface area contributed by atoms with Crippen molar-refractivity contribution in [3.05, 3.63) is 18.2 Å². The van der Waals surface area contributed by atoms with Gasteiger partial charge in [0.1, 0.15) is 5.82 Å². The van der Waals surface area contributed by atoms with Crippen LogP contribution in [-0.2, 0) is 6.54 Å². The molecule has 0 aliphatic rings. The van der Waals surface area contributed by atoms with Crippen molar-refractivity contribution < 1.29 is 0 Å². The van der Waals surface area contributed by atoms with Crippen LogP contribution in [0.4, 0.5) is 0 Å². The van der Waals surface area contributed by atoms with Crippen molar-refractivity contribution in [1.82, 2.24) is 9.55 Å². The molecule has 0 amide bonds. The van der Waals surface area contributed by atoms with Crippen LogP contribution in [0.2, 0.25) is 0 Å². The first-order valence-electron chi connectivity index (χ1n) is 4.21. The van der Waals surface area contributed by atoms with Gasteiger partial charge >= 0.3 is 0 Å². The summed E-state index contributed by atoms with van der Waals surface area (Å²) >= 11 is 0. The van der Waals surface area contributed by atoms with E-state index in [1.165, 1.54) is 6.42 Å². The average molecular weight is 152 g/mol. The predicted molar refractivity (Wildman–Crippen MR) is 46.4 cm³/mol. The number of hydrogen-bond donors (Lipinski definition) is 0. The zero-order valence-electron chi connectivity index (χ0n) is 7.54. The van der Waals surface area contributed by atoms with Crippen LogP contribution < -0.4 is 0 Å². The van der Waals surface area contributed by atoms with Crippen LogP contribution in [0.3, 0.4) is 0 Å². The first-order valence-corrected chi connectivity index (χ1v) is 4.21. The predicted octanol–water partition coefficient (Wildman–Crippen LogP) is 2.24. The maximum atomic E-state index is 4.17. The first-order chi connectivity index (χ1) is 5.24. The highest BCUT2D eigenvalue weighted by atomic mass is 15.0. The Hall–Kier alpha value is -0.790. The van der Waals surface area contributed by atoms with Gasteiger partial charge in [-0.3, -0.25) is 0 Å². The average Bonchev–Trinajstić information content (AvgIpc) is 2.37. The summed E-state index contributed by atoms with van der Waals surface area (Å²) in [5, 5.41) is 0. The van der Waals surface area contributed by atoms with Gasteiger partial charge in [-0.15, -0.1) is 0 Å². The Morgan fingerprint density at radius 2 is 2.36 bits per heavy atom. The number of aromatic nitrogens is 2. The fourth-order valence-corrected chi connectivity index (χ4v) is 1.06. The molecule has 1 aromatic heterocycles. The van der Waals surface area contributed by atoms with Gasteiger partial charge < -0.3 is 4.57 Å². The number of hydrogen-bond acceptors (Lipinski definition) is 1. The zero-order chi connectivity index (χ0) is 8.27. The second-order valence-corrected chi connectivity index (χ2v) is 3.14. The molecular formula is C9H16N2. The van der Waals surface area contributed by atoms with Crippen molar-refractivity contribution in [1.29, 1.82) is 0 Å². The largest absolute Gasteiger partial charge is 0.335 e. The van der Waals surface area contributed by atoms with Gasteiger partial charge in [-0.25, -0.2) is 4.98 Å². The van der Waals surface area contributed by atoms with Crippen LogP contribution in [0, 0.1) is 12.8 Å². The summed E-state index contributed by atoms with van der Waals surface area (Å²) in [5.74, 6) is 1.87. The van der Waals surface area contributed by atoms with E-state index < -0.39 is 0 Å². The summed E-state index contributed by atoms with van der Waals surface area (Å²) in [6.45, 7) is 7.63. The first kappa shape index (κ1) is 8.31. The van der Waals surface area contributed by atoms with Gasteiger partial charge in [0.05, 0.1) is 0 Å². The van der Waals surface area contributed by atoms with E-state index in [-0.39, 0.29) is 0 Å². The van der Waals surface area contributed by atoms with Crippen LogP contribution in [0.1, 0.15) is 26.1 Å². The molecule has 0 radical (unpaired) electrons. The van der Waals surface area contributed by atoms with E-state index in [4.69, 9.17) is 0 Å². The highest BCUT2D eigenvalue weighted by Crippen LogP contribution is 2.06. The van der Waals surface area contributed by atoms with E-state index in [2.05, 4.69) is 23.4 Å². The maximum Gasteiger partial charge on any atom is 0.105 e. The summed E-state index contributed by atoms with van der Waals surface area (Å²) in [4.78, 5) is 4.17. The lowest BCUT2D eigenvalue weighted by atomic mass is 10.1. The summed E-state index contributed by atoms with van der Waals surface area (Å²) in [6.07, 6.45) is 5.14. The van der Waals surface area contributed by atoms with E-state index in [1.54, 1.807) is 0 Å². The van der Waals surface area contributed by atoms with Crippen molar-refractivity contribution in [2.24, 2.45) is 5.92 Å². The van der Waals surface area contributed by atoms with Gasteiger partial charge in [0.2, 0.25) is 0 Å². The number of aryl methyl sites for hydroxylation is 1. The van der Waals surface area contributed by atoms with Crippen molar-refractivity contribution >= 4 is 0 Å². The quantitative estimate of drug-likeness (QED) is 0.649. The van der Waals surface area contributed by atoms with E-state index in [0.717, 1.165) is 18.3 Å². The van der Waals surface area contributed by atoms with Crippen LogP contribution in [0.15, 0.2) is 12.4 Å². The second-order valence-electron chi connectivity index (χ2n) is 3.14. The Morgan fingerprint density at radius 3 is 2.82 bits per heavy atom. The highest BCUT2D eigenvalue weighted by Gasteiger charge is 2.01. The second kappa shape index (κ2) is 3.56. The minimum Gasteiger partial charge on any atom is -0.335 e. The molecule has 2 nitrogen and oxygen atoms in total. The van der Waals surface area contributed by atoms with Crippen molar-refractivity contribution in [3.63, 3.8) is 0 Å². The molecule has 2 heteroatoms. The number of imidazole rings is 1. The molecule has 0 N–H and O–H groups in total. The van der Waals surface area contributed by atoms with Crippen LogP contribution in [-0.4, -0.2) is 9.55 Å². The molecule has 62 valence electrons. The van der Waals surface area contributed by atoms with Crippen molar-refractivity contribution in [3.8, 4) is 0 Å². The smallest absolute Gasteiger partial charge is 0.105 e. The third-order valence-electron chi connectivity index (χ3n) is 2.13. The van der Waals surface area contributed by atoms with Gasteiger partial charge in [-0.2, -0.15) is 0 Å². The SMILES string of the molecule is CCC(C)Cn1ccnc1C. The lowest BCUT2D eigenvalue weighted by Crippen LogP contribution is -2.06. The number of nitrogens with zero attached hydrogens (tertiary/aromatic N) is 2. The fraction of sp³-hybridized carbons (Fsp3) is 0.667. The third-order valence-corrected chi connectivity index (χ3v) is 2.13. The van der Waals surface area contributed by atoms with Crippen LogP contribution in [0.25, 0.3) is 0 Å². The molecule has 1 aromatic rings. The van der Waals surface area contributed by atoms with E-state index in [9.17, 15) is 0 Å². The lowest BCUT2D eigenvalue weighted by molar-refractivity contribution is 0.462. The normalized spacial score (nSPS) is 13.4. The molecule has 1 heterocycles.